The van der Waals surface area contributed by atoms with E-state index in [1.165, 1.54) is 0 Å². The fraction of sp³-hybridized carbons (Fsp3) is 0.250. The van der Waals surface area contributed by atoms with E-state index in [2.05, 4.69) is 0 Å². The molecule has 14 heavy (non-hydrogen) atoms. The van der Waals surface area contributed by atoms with Crippen LogP contribution in [0.3, 0.4) is 0 Å². The lowest BCUT2D eigenvalue weighted by molar-refractivity contribution is 1.71. The molecule has 0 N–H and O–H groups in total. The van der Waals surface area contributed by atoms with Crippen molar-refractivity contribution in [1.29, 1.82) is 0 Å². The number of rotatable bonds is 0. The Labute approximate surface area is 114 Å². The maximum atomic E-state index is 5.54. The van der Waals surface area contributed by atoms with Crippen LogP contribution in [0.5, 0.6) is 0 Å². The molecule has 0 saturated carbocycles. The van der Waals surface area contributed by atoms with Gasteiger partial charge in [-0.2, -0.15) is 0 Å². The van der Waals surface area contributed by atoms with Gasteiger partial charge in [0, 0.05) is 5.02 Å². The quantitative estimate of drug-likeness (QED) is 0.535. The van der Waals surface area contributed by atoms with Crippen molar-refractivity contribution in [2.75, 3.05) is 5.34 Å². The molecule has 0 aliphatic heterocycles. The summed E-state index contributed by atoms with van der Waals surface area (Å²) < 4.78 is -0.750. The molecule has 6 heteroatoms. The molecular weight excluding hydrogens is 309 g/mol. The van der Waals surface area contributed by atoms with Crippen LogP contribution in [0.1, 0.15) is 0 Å². The van der Waals surface area contributed by atoms with Crippen LogP contribution in [0.4, 0.5) is 0 Å². The highest BCUT2D eigenvalue weighted by Gasteiger charge is 1.79. The van der Waals surface area contributed by atoms with Gasteiger partial charge in [-0.1, -0.05) is 64.6 Å². The van der Waals surface area contributed by atoms with Gasteiger partial charge in [0.2, 0.25) is 0 Å². The molecule has 0 unspecified atom stereocenters. The van der Waals surface area contributed by atoms with Crippen molar-refractivity contribution in [3.8, 4) is 0 Å². The Morgan fingerprint density at radius 2 is 1.21 bits per heavy atom. The number of hydrogen-bond acceptors (Lipinski definition) is 0. The lowest BCUT2D eigenvalue weighted by Crippen LogP contribution is -1.55. The maximum absolute atomic E-state index is 5.54. The van der Waals surface area contributed by atoms with Crippen LogP contribution in [-0.2, 0) is 0 Å². The fourth-order valence-corrected chi connectivity index (χ4v) is 0.560. The van der Waals surface area contributed by atoms with E-state index in [-0.39, 0.29) is 5.34 Å². The average Bonchev–Trinajstić information content (AvgIpc) is 2.05. The van der Waals surface area contributed by atoms with Gasteiger partial charge in [-0.15, -0.1) is 23.2 Å². The third kappa shape index (κ3) is 23.1. The van der Waals surface area contributed by atoms with Crippen molar-refractivity contribution in [3.05, 3.63) is 35.4 Å². The molecule has 0 amide bonds. The van der Waals surface area contributed by atoms with Crippen LogP contribution in [0.2, 0.25) is 5.02 Å². The van der Waals surface area contributed by atoms with Crippen LogP contribution in [0.25, 0.3) is 0 Å². The van der Waals surface area contributed by atoms with E-state index in [1.807, 2.05) is 30.3 Å². The fourth-order valence-electron chi connectivity index (χ4n) is 0.415. The molecule has 0 spiro atoms. The zero-order chi connectivity index (χ0) is 11.4. The normalized spacial score (nSPS) is 8.21. The molecule has 0 aliphatic carbocycles. The first-order valence-corrected chi connectivity index (χ1v) is 6.05. The minimum atomic E-state index is -0.750. The second kappa shape index (κ2) is 14.0. The van der Waals surface area contributed by atoms with E-state index in [0.717, 1.165) is 5.02 Å². The minimum absolute atomic E-state index is 0.194. The molecule has 1 aromatic rings. The van der Waals surface area contributed by atoms with Gasteiger partial charge in [-0.3, -0.25) is 0 Å². The summed E-state index contributed by atoms with van der Waals surface area (Å²) in [5.74, 6) is 0. The van der Waals surface area contributed by atoms with Gasteiger partial charge >= 0.3 is 0 Å². The molecule has 0 radical (unpaired) electrons. The highest BCUT2D eigenvalue weighted by Crippen LogP contribution is 2.04. The first-order valence-electron chi connectivity index (χ1n) is 3.29. The molecule has 0 atom stereocenters. The zero-order valence-electron chi connectivity index (χ0n) is 6.94. The SMILES string of the molecule is ClC(Cl)Cl.ClCCl.Clc1ccccc1. The summed E-state index contributed by atoms with van der Waals surface area (Å²) >= 11 is 29.5. The van der Waals surface area contributed by atoms with Crippen LogP contribution in [0.15, 0.2) is 30.3 Å². The molecule has 0 aliphatic rings. The lowest BCUT2D eigenvalue weighted by atomic mass is 10.4. The Kier molecular flexibility index (Phi) is 17.3. The number of alkyl halides is 5. The van der Waals surface area contributed by atoms with Crippen LogP contribution < -0.4 is 0 Å². The van der Waals surface area contributed by atoms with E-state index in [9.17, 15) is 0 Å². The Balaban J connectivity index is 0. The lowest BCUT2D eigenvalue weighted by Gasteiger charge is -1.80. The second-order valence-corrected chi connectivity index (χ2v) is 4.87. The van der Waals surface area contributed by atoms with Gasteiger partial charge in [-0.05, 0) is 12.1 Å². The predicted octanol–water partition coefficient (Wildman–Crippen LogP) is 5.75. The van der Waals surface area contributed by atoms with E-state index >= 15 is 0 Å². The van der Waals surface area contributed by atoms with Crippen molar-refractivity contribution in [2.24, 2.45) is 0 Å². The van der Waals surface area contributed by atoms with Gasteiger partial charge < -0.3 is 0 Å². The highest BCUT2D eigenvalue weighted by atomic mass is 35.6. The molecule has 1 aromatic carbocycles. The van der Waals surface area contributed by atoms with Crippen LogP contribution in [-0.4, -0.2) is 9.63 Å². The summed E-state index contributed by atoms with van der Waals surface area (Å²) in [6.07, 6.45) is 0. The van der Waals surface area contributed by atoms with Crippen molar-refractivity contribution in [1.82, 2.24) is 0 Å². The van der Waals surface area contributed by atoms with Crippen LogP contribution >= 0.6 is 69.6 Å². The predicted molar refractivity (Wildman–Crippen MR) is 69.4 cm³/mol. The Hall–Kier alpha value is 0.960. The van der Waals surface area contributed by atoms with E-state index < -0.39 is 4.30 Å². The Morgan fingerprint density at radius 1 is 0.929 bits per heavy atom. The molecular formula is C8H8Cl6. The topological polar surface area (TPSA) is 0 Å². The first kappa shape index (κ1) is 17.4. The van der Waals surface area contributed by atoms with E-state index in [1.54, 1.807) is 0 Å². The zero-order valence-corrected chi connectivity index (χ0v) is 11.5. The molecule has 0 fully saturated rings. The summed E-state index contributed by atoms with van der Waals surface area (Å²) in [4.78, 5) is 0. The van der Waals surface area contributed by atoms with E-state index in [0.29, 0.717) is 0 Å². The summed E-state index contributed by atoms with van der Waals surface area (Å²) in [5, 5.41) is 0.988. The summed E-state index contributed by atoms with van der Waals surface area (Å²) in [6.45, 7) is 0. The third-order valence-corrected chi connectivity index (χ3v) is 0.985. The first-order chi connectivity index (χ1) is 6.54. The Morgan fingerprint density at radius 3 is 1.36 bits per heavy atom. The minimum Gasteiger partial charge on any atom is -0.109 e. The van der Waals surface area contributed by atoms with Crippen LogP contribution in [0, 0.1) is 0 Å². The Bertz CT molecular complexity index is 186. The summed E-state index contributed by atoms with van der Waals surface area (Å²) in [7, 11) is 0. The monoisotopic (exact) mass is 314 g/mol. The largest absolute Gasteiger partial charge is 0.180 e. The van der Waals surface area contributed by atoms with Gasteiger partial charge in [0.15, 0.2) is 4.30 Å². The number of halogens is 6. The molecule has 0 bridgehead atoms. The van der Waals surface area contributed by atoms with E-state index in [4.69, 9.17) is 69.6 Å². The molecule has 0 aromatic heterocycles. The molecule has 0 saturated heterocycles. The maximum Gasteiger partial charge on any atom is 0.180 e. The van der Waals surface area contributed by atoms with Crippen molar-refractivity contribution >= 4 is 69.6 Å². The summed E-state index contributed by atoms with van der Waals surface area (Å²) in [6, 6.07) is 9.44. The standard InChI is InChI=1S/C6H5Cl.CHCl3.CH2Cl2/c7-6-4-2-1-3-5-6;2-1(3)4;2-1-3/h1-5H;1H;1H2. The van der Waals surface area contributed by atoms with Crippen molar-refractivity contribution in [2.45, 2.75) is 4.30 Å². The van der Waals surface area contributed by atoms with Gasteiger partial charge in [0.05, 0.1) is 5.34 Å². The summed E-state index contributed by atoms with van der Waals surface area (Å²) in [5.41, 5.74) is 0. The van der Waals surface area contributed by atoms with Gasteiger partial charge in [-0.25, -0.2) is 0 Å². The number of benzene rings is 1. The van der Waals surface area contributed by atoms with Gasteiger partial charge in [0.1, 0.15) is 0 Å². The highest BCUT2D eigenvalue weighted by molar-refractivity contribution is 6.63. The molecule has 0 heterocycles. The molecule has 1 rings (SSSR count). The van der Waals surface area contributed by atoms with Gasteiger partial charge in [0.25, 0.3) is 0 Å². The molecule has 0 nitrogen and oxygen atoms in total. The average molecular weight is 317 g/mol. The molecule has 82 valence electrons. The second-order valence-electron chi connectivity index (χ2n) is 1.64. The smallest absolute Gasteiger partial charge is 0.109 e. The van der Waals surface area contributed by atoms with Crippen molar-refractivity contribution in [3.63, 3.8) is 0 Å². The third-order valence-electron chi connectivity index (χ3n) is 0.733. The number of hydrogen-bond donors (Lipinski definition) is 0. The van der Waals surface area contributed by atoms with Crippen molar-refractivity contribution < 1.29 is 0 Å².